The number of hydrogen-bond donors (Lipinski definition) is 1. The van der Waals surface area contributed by atoms with Crippen molar-refractivity contribution < 1.29 is 9.13 Å². The van der Waals surface area contributed by atoms with E-state index in [2.05, 4.69) is 0 Å². The Morgan fingerprint density at radius 1 is 1.22 bits per heavy atom. The summed E-state index contributed by atoms with van der Waals surface area (Å²) in [6.07, 6.45) is 0. The van der Waals surface area contributed by atoms with E-state index in [9.17, 15) is 4.39 Å². The topological polar surface area (TPSA) is 35.2 Å². The van der Waals surface area contributed by atoms with Gasteiger partial charge in [-0.15, -0.1) is 0 Å². The van der Waals surface area contributed by atoms with Gasteiger partial charge >= 0.3 is 0 Å². The summed E-state index contributed by atoms with van der Waals surface area (Å²) in [5.74, 6) is 0.171. The van der Waals surface area contributed by atoms with Crippen LogP contribution in [0, 0.1) is 12.7 Å². The summed E-state index contributed by atoms with van der Waals surface area (Å²) in [5, 5.41) is 0.416. The number of nitrogens with two attached hydrogens (primary N) is 1. The Hall–Kier alpha value is -1.58. The Labute approximate surface area is 110 Å². The third-order valence-electron chi connectivity index (χ3n) is 2.64. The summed E-state index contributed by atoms with van der Waals surface area (Å²) in [6.45, 7) is 1.96. The molecule has 0 radical (unpaired) electrons. The van der Waals surface area contributed by atoms with Gasteiger partial charge in [-0.25, -0.2) is 4.39 Å². The molecule has 0 unspecified atom stereocenters. The molecule has 2 rings (SSSR count). The summed E-state index contributed by atoms with van der Waals surface area (Å²) in [6, 6.07) is 10.2. The van der Waals surface area contributed by atoms with Gasteiger partial charge in [0.2, 0.25) is 0 Å². The minimum atomic E-state index is -0.389. The maximum atomic E-state index is 13.9. The maximum absolute atomic E-state index is 13.9. The number of halogens is 2. The lowest BCUT2D eigenvalue weighted by Gasteiger charge is -2.12. The average Bonchev–Trinajstić information content (AvgIpc) is 2.37. The van der Waals surface area contributed by atoms with Gasteiger partial charge in [0.15, 0.2) is 17.3 Å². The summed E-state index contributed by atoms with van der Waals surface area (Å²) < 4.78 is 19.4. The summed E-state index contributed by atoms with van der Waals surface area (Å²) in [4.78, 5) is 0. The molecule has 94 valence electrons. The van der Waals surface area contributed by atoms with Crippen LogP contribution in [0.1, 0.15) is 11.1 Å². The lowest BCUT2D eigenvalue weighted by Crippen LogP contribution is -2.00. The number of ether oxygens (including phenoxy) is 1. The van der Waals surface area contributed by atoms with Crippen molar-refractivity contribution in [2.75, 3.05) is 0 Å². The molecular weight excluding hydrogens is 253 g/mol. The molecule has 0 bridgehead atoms. The Kier molecular flexibility index (Phi) is 3.84. The zero-order valence-electron chi connectivity index (χ0n) is 9.91. The second kappa shape index (κ2) is 5.38. The number of rotatable bonds is 3. The first-order valence-electron chi connectivity index (χ1n) is 5.54. The van der Waals surface area contributed by atoms with Gasteiger partial charge < -0.3 is 10.5 Å². The molecule has 18 heavy (non-hydrogen) atoms. The minimum Gasteiger partial charge on any atom is -0.452 e. The van der Waals surface area contributed by atoms with Gasteiger partial charge in [-0.05, 0) is 24.6 Å². The zero-order chi connectivity index (χ0) is 13.1. The third-order valence-corrected chi connectivity index (χ3v) is 2.93. The molecule has 0 atom stereocenters. The van der Waals surface area contributed by atoms with Crippen LogP contribution in [0.5, 0.6) is 11.5 Å². The van der Waals surface area contributed by atoms with Gasteiger partial charge in [-0.2, -0.15) is 0 Å². The Morgan fingerprint density at radius 2 is 1.94 bits per heavy atom. The van der Waals surface area contributed by atoms with Gasteiger partial charge in [-0.1, -0.05) is 35.9 Å². The highest BCUT2D eigenvalue weighted by molar-refractivity contribution is 6.32. The fourth-order valence-electron chi connectivity index (χ4n) is 1.64. The molecule has 0 saturated carbocycles. The Bertz CT molecular complexity index is 572. The lowest BCUT2D eigenvalue weighted by atomic mass is 10.2. The molecule has 0 heterocycles. The average molecular weight is 266 g/mol. The van der Waals surface area contributed by atoms with E-state index >= 15 is 0 Å². The molecule has 4 heteroatoms. The van der Waals surface area contributed by atoms with Crippen molar-refractivity contribution in [1.82, 2.24) is 0 Å². The molecule has 2 nitrogen and oxygen atoms in total. The number of aryl methyl sites for hydroxylation is 1. The molecule has 0 fully saturated rings. The first-order valence-corrected chi connectivity index (χ1v) is 5.91. The van der Waals surface area contributed by atoms with Gasteiger partial charge in [0.1, 0.15) is 0 Å². The quantitative estimate of drug-likeness (QED) is 0.909. The van der Waals surface area contributed by atoms with Crippen molar-refractivity contribution in [3.8, 4) is 11.5 Å². The lowest BCUT2D eigenvalue weighted by molar-refractivity contribution is 0.436. The normalized spacial score (nSPS) is 10.4. The first kappa shape index (κ1) is 12.9. The van der Waals surface area contributed by atoms with Crippen LogP contribution >= 0.6 is 11.6 Å². The summed E-state index contributed by atoms with van der Waals surface area (Å²) in [5.41, 5.74) is 6.87. The zero-order valence-corrected chi connectivity index (χ0v) is 10.7. The van der Waals surface area contributed by atoms with E-state index in [-0.39, 0.29) is 18.1 Å². The predicted octanol–water partition coefficient (Wildman–Crippen LogP) is 4.04. The third kappa shape index (κ3) is 2.47. The number of para-hydroxylation sites is 1. The largest absolute Gasteiger partial charge is 0.452 e. The molecule has 2 aromatic rings. The van der Waals surface area contributed by atoms with Crippen molar-refractivity contribution in [2.45, 2.75) is 13.5 Å². The van der Waals surface area contributed by atoms with E-state index in [0.717, 1.165) is 5.56 Å². The van der Waals surface area contributed by atoms with E-state index in [0.29, 0.717) is 16.3 Å². The molecular formula is C14H13ClFNO. The molecule has 0 amide bonds. The van der Waals surface area contributed by atoms with Crippen LogP contribution in [-0.2, 0) is 6.54 Å². The van der Waals surface area contributed by atoms with E-state index < -0.39 is 0 Å². The van der Waals surface area contributed by atoms with Crippen LogP contribution in [0.15, 0.2) is 36.4 Å². The highest BCUT2D eigenvalue weighted by Gasteiger charge is 2.12. The van der Waals surface area contributed by atoms with Crippen LogP contribution in [0.4, 0.5) is 4.39 Å². The standard InChI is InChI=1S/C14H13ClFNO/c1-9-4-2-7-12(13(9)16)18-14-10(8-17)5-3-6-11(14)15/h2-7H,8,17H2,1H3. The van der Waals surface area contributed by atoms with Gasteiger partial charge in [0, 0.05) is 12.1 Å². The van der Waals surface area contributed by atoms with Gasteiger partial charge in [0.05, 0.1) is 5.02 Å². The molecule has 0 aliphatic heterocycles. The van der Waals surface area contributed by atoms with E-state index in [1.807, 2.05) is 0 Å². The first-order chi connectivity index (χ1) is 8.63. The second-order valence-corrected chi connectivity index (χ2v) is 4.33. The molecule has 0 saturated heterocycles. The molecule has 2 N–H and O–H groups in total. The molecule has 0 aliphatic carbocycles. The van der Waals surface area contributed by atoms with Crippen LogP contribution in [0.25, 0.3) is 0 Å². The highest BCUT2D eigenvalue weighted by atomic mass is 35.5. The van der Waals surface area contributed by atoms with Crippen LogP contribution in [0.2, 0.25) is 5.02 Å². The fraction of sp³-hybridized carbons (Fsp3) is 0.143. The molecule has 0 aromatic heterocycles. The van der Waals surface area contributed by atoms with Crippen LogP contribution in [-0.4, -0.2) is 0 Å². The maximum Gasteiger partial charge on any atom is 0.168 e. The SMILES string of the molecule is Cc1cccc(Oc2c(Cl)cccc2CN)c1F. The van der Waals surface area contributed by atoms with E-state index in [1.165, 1.54) is 0 Å². The van der Waals surface area contributed by atoms with Gasteiger partial charge in [0.25, 0.3) is 0 Å². The smallest absolute Gasteiger partial charge is 0.168 e. The summed E-state index contributed by atoms with van der Waals surface area (Å²) >= 11 is 6.05. The second-order valence-electron chi connectivity index (χ2n) is 3.92. The Morgan fingerprint density at radius 3 is 2.67 bits per heavy atom. The molecule has 2 aromatic carbocycles. The van der Waals surface area contributed by atoms with E-state index in [1.54, 1.807) is 43.3 Å². The van der Waals surface area contributed by atoms with Crippen molar-refractivity contribution in [3.63, 3.8) is 0 Å². The fourth-order valence-corrected chi connectivity index (χ4v) is 1.87. The monoisotopic (exact) mass is 265 g/mol. The van der Waals surface area contributed by atoms with Crippen molar-refractivity contribution in [1.29, 1.82) is 0 Å². The number of hydrogen-bond acceptors (Lipinski definition) is 2. The van der Waals surface area contributed by atoms with Crippen molar-refractivity contribution in [3.05, 3.63) is 58.4 Å². The molecule has 0 aliphatic rings. The van der Waals surface area contributed by atoms with Crippen LogP contribution < -0.4 is 10.5 Å². The predicted molar refractivity (Wildman–Crippen MR) is 70.6 cm³/mol. The van der Waals surface area contributed by atoms with Gasteiger partial charge in [-0.3, -0.25) is 0 Å². The van der Waals surface area contributed by atoms with Crippen LogP contribution in [0.3, 0.4) is 0 Å². The molecule has 0 spiro atoms. The number of benzene rings is 2. The minimum absolute atomic E-state index is 0.151. The Balaban J connectivity index is 2.43. The van der Waals surface area contributed by atoms with Crippen molar-refractivity contribution in [2.24, 2.45) is 5.73 Å². The van der Waals surface area contributed by atoms with Crippen molar-refractivity contribution >= 4 is 11.6 Å². The van der Waals surface area contributed by atoms with E-state index in [4.69, 9.17) is 22.1 Å². The highest BCUT2D eigenvalue weighted by Crippen LogP contribution is 2.34. The summed E-state index contributed by atoms with van der Waals surface area (Å²) in [7, 11) is 0.